The number of halogens is 1. The smallest absolute Gasteiger partial charge is 0.323 e. The minimum atomic E-state index is -0.562. The number of nitrogen functional groups attached to an aromatic ring is 1. The molecule has 47 heavy (non-hydrogen) atoms. The number of carbonyl (C=O) groups excluding carboxylic acids is 1. The summed E-state index contributed by atoms with van der Waals surface area (Å²) in [6.07, 6.45) is 7.87. The van der Waals surface area contributed by atoms with Gasteiger partial charge in [0.05, 0.1) is 11.1 Å². The summed E-state index contributed by atoms with van der Waals surface area (Å²) in [5.41, 5.74) is 9.15. The number of carbonyl (C=O) groups is 1. The number of nitrogens with two attached hydrogens (primary N) is 1. The van der Waals surface area contributed by atoms with E-state index >= 15 is 4.39 Å². The van der Waals surface area contributed by atoms with Crippen LogP contribution in [0.2, 0.25) is 0 Å². The number of nitrogens with one attached hydrogen (secondary N) is 2. The predicted molar refractivity (Wildman–Crippen MR) is 183 cm³/mol. The van der Waals surface area contributed by atoms with E-state index in [2.05, 4.69) is 42.0 Å². The molecule has 3 aromatic carbocycles. The summed E-state index contributed by atoms with van der Waals surface area (Å²) in [4.78, 5) is 26.6. The van der Waals surface area contributed by atoms with Gasteiger partial charge in [0.2, 0.25) is 0 Å². The SMILES string of the molecule is CN1CCN([C@H]2CC[C@@H](n3cc(-c4ccc(NC(=O)Nc5ccc(Oc6ccccc6)cc5)c(F)c4)c4c(N)ncnc43)CC2)CC1. The Labute approximate surface area is 273 Å². The lowest BCUT2D eigenvalue weighted by molar-refractivity contribution is 0.0828. The summed E-state index contributed by atoms with van der Waals surface area (Å²) in [5, 5.41) is 6.07. The molecule has 2 amide bonds. The van der Waals surface area contributed by atoms with E-state index in [-0.39, 0.29) is 11.7 Å². The number of benzene rings is 3. The first kappa shape index (κ1) is 30.6. The van der Waals surface area contributed by atoms with Crippen LogP contribution in [0.1, 0.15) is 31.7 Å². The average Bonchev–Trinajstić information content (AvgIpc) is 3.49. The van der Waals surface area contributed by atoms with Crippen LogP contribution in [0.5, 0.6) is 11.5 Å². The third-order valence-electron chi connectivity index (χ3n) is 9.37. The van der Waals surface area contributed by atoms with Crippen molar-refractivity contribution in [2.24, 2.45) is 0 Å². The largest absolute Gasteiger partial charge is 0.457 e. The maximum atomic E-state index is 15.5. The summed E-state index contributed by atoms with van der Waals surface area (Å²) in [7, 11) is 2.19. The topological polar surface area (TPSA) is 114 Å². The zero-order valence-electron chi connectivity index (χ0n) is 26.4. The van der Waals surface area contributed by atoms with Gasteiger partial charge in [0.1, 0.15) is 35.1 Å². The second kappa shape index (κ2) is 13.4. The Balaban J connectivity index is 1.03. The highest BCUT2D eigenvalue weighted by atomic mass is 19.1. The molecule has 5 aromatic rings. The van der Waals surface area contributed by atoms with Gasteiger partial charge in [-0.2, -0.15) is 0 Å². The predicted octanol–water partition coefficient (Wildman–Crippen LogP) is 6.99. The van der Waals surface area contributed by atoms with Crippen molar-refractivity contribution < 1.29 is 13.9 Å². The molecule has 4 N–H and O–H groups in total. The summed E-state index contributed by atoms with van der Waals surface area (Å²) in [6, 6.07) is 21.5. The van der Waals surface area contributed by atoms with Gasteiger partial charge in [0, 0.05) is 55.7 Å². The van der Waals surface area contributed by atoms with Crippen molar-refractivity contribution in [2.45, 2.75) is 37.8 Å². The molecule has 1 saturated carbocycles. The molecule has 0 radical (unpaired) electrons. The minimum absolute atomic E-state index is 0.0606. The number of likely N-dealkylation sites (N-methyl/N-ethyl adjacent to an activating group) is 1. The van der Waals surface area contributed by atoms with Crippen molar-refractivity contribution in [2.75, 3.05) is 49.6 Å². The summed E-state index contributed by atoms with van der Waals surface area (Å²) < 4.78 is 23.5. The first-order valence-corrected chi connectivity index (χ1v) is 16.2. The number of amides is 2. The number of para-hydroxylation sites is 1. The van der Waals surface area contributed by atoms with Crippen LogP contribution in [0.3, 0.4) is 0 Å². The number of aromatic nitrogens is 3. The molecule has 7 rings (SSSR count). The molecule has 2 fully saturated rings. The Bertz CT molecular complexity index is 1850. The van der Waals surface area contributed by atoms with E-state index < -0.39 is 11.8 Å². The molecule has 242 valence electrons. The van der Waals surface area contributed by atoms with Crippen LogP contribution in [0, 0.1) is 5.82 Å². The first-order chi connectivity index (χ1) is 22.9. The number of ether oxygens (including phenoxy) is 1. The molecule has 2 aliphatic rings. The van der Waals surface area contributed by atoms with Crippen LogP contribution in [-0.4, -0.2) is 69.6 Å². The monoisotopic (exact) mass is 634 g/mol. The van der Waals surface area contributed by atoms with Crippen LogP contribution < -0.4 is 21.1 Å². The maximum Gasteiger partial charge on any atom is 0.323 e. The standard InChI is InChI=1S/C36H39FN8O2/c1-43-17-19-44(20-18-43)26-10-12-27(13-11-26)45-22-30(33-34(38)39-23-40-35(33)45)24-7-16-32(31(37)21-24)42-36(46)41-25-8-14-29(15-9-25)47-28-5-3-2-4-6-28/h2-9,14-16,21-23,26-27H,10-13,17-20H2,1H3,(H2,38,39,40)(H2,41,42,46)/t26-,27+. The molecule has 0 unspecified atom stereocenters. The minimum Gasteiger partial charge on any atom is -0.457 e. The molecule has 0 bridgehead atoms. The molecule has 1 aliphatic heterocycles. The fourth-order valence-electron chi connectivity index (χ4n) is 6.79. The van der Waals surface area contributed by atoms with Crippen LogP contribution in [0.25, 0.3) is 22.2 Å². The molecule has 3 heterocycles. The summed E-state index contributed by atoms with van der Waals surface area (Å²) in [5.74, 6) is 1.15. The van der Waals surface area contributed by atoms with Gasteiger partial charge in [-0.25, -0.2) is 19.2 Å². The summed E-state index contributed by atoms with van der Waals surface area (Å²) >= 11 is 0. The van der Waals surface area contributed by atoms with Crippen LogP contribution >= 0.6 is 0 Å². The Morgan fingerprint density at radius 1 is 0.872 bits per heavy atom. The molecule has 1 aliphatic carbocycles. The Hall–Kier alpha value is -5.00. The van der Waals surface area contributed by atoms with Crippen molar-refractivity contribution in [3.8, 4) is 22.6 Å². The highest BCUT2D eigenvalue weighted by Crippen LogP contribution is 2.39. The molecule has 0 atom stereocenters. The van der Waals surface area contributed by atoms with Gasteiger partial charge in [-0.1, -0.05) is 24.3 Å². The van der Waals surface area contributed by atoms with Gasteiger partial charge in [-0.05, 0) is 86.8 Å². The van der Waals surface area contributed by atoms with E-state index in [9.17, 15) is 4.79 Å². The van der Waals surface area contributed by atoms with Crippen LogP contribution in [-0.2, 0) is 0 Å². The van der Waals surface area contributed by atoms with Crippen LogP contribution in [0.15, 0.2) is 85.3 Å². The Kier molecular flexibility index (Phi) is 8.73. The zero-order chi connectivity index (χ0) is 32.3. The summed E-state index contributed by atoms with van der Waals surface area (Å²) in [6.45, 7) is 4.50. The van der Waals surface area contributed by atoms with Crippen molar-refractivity contribution in [1.82, 2.24) is 24.3 Å². The van der Waals surface area contributed by atoms with E-state index in [4.69, 9.17) is 10.5 Å². The molecule has 10 nitrogen and oxygen atoms in total. The average molecular weight is 635 g/mol. The number of hydrogen-bond acceptors (Lipinski definition) is 7. The molecular weight excluding hydrogens is 595 g/mol. The Morgan fingerprint density at radius 2 is 1.57 bits per heavy atom. The number of anilines is 3. The lowest BCUT2D eigenvalue weighted by Crippen LogP contribution is -2.49. The number of hydrogen-bond donors (Lipinski definition) is 3. The molecular formula is C36H39FN8O2. The first-order valence-electron chi connectivity index (χ1n) is 16.2. The number of rotatable bonds is 7. The second-order valence-corrected chi connectivity index (χ2v) is 12.4. The van der Waals surface area contributed by atoms with Gasteiger partial charge >= 0.3 is 6.03 Å². The molecule has 2 aromatic heterocycles. The third kappa shape index (κ3) is 6.77. The van der Waals surface area contributed by atoms with E-state index in [1.54, 1.807) is 36.4 Å². The third-order valence-corrected chi connectivity index (χ3v) is 9.37. The van der Waals surface area contributed by atoms with Gasteiger partial charge < -0.3 is 30.6 Å². The lowest BCUT2D eigenvalue weighted by Gasteiger charge is -2.41. The lowest BCUT2D eigenvalue weighted by atomic mass is 9.89. The fraction of sp³-hybridized carbons (Fsp3) is 0.306. The van der Waals surface area contributed by atoms with Gasteiger partial charge in [0.15, 0.2) is 0 Å². The van der Waals surface area contributed by atoms with E-state index in [0.29, 0.717) is 40.0 Å². The number of fused-ring (bicyclic) bond motifs is 1. The van der Waals surface area contributed by atoms with Gasteiger partial charge in [0.25, 0.3) is 0 Å². The maximum absolute atomic E-state index is 15.5. The van der Waals surface area contributed by atoms with E-state index in [1.165, 1.54) is 12.4 Å². The van der Waals surface area contributed by atoms with Crippen molar-refractivity contribution >= 4 is 34.3 Å². The van der Waals surface area contributed by atoms with E-state index in [0.717, 1.165) is 63.1 Å². The van der Waals surface area contributed by atoms with Crippen molar-refractivity contribution in [3.05, 3.63) is 91.1 Å². The number of piperazine rings is 1. The fourth-order valence-corrected chi connectivity index (χ4v) is 6.79. The normalized spacial score (nSPS) is 19.0. The highest BCUT2D eigenvalue weighted by molar-refractivity contribution is 6.02. The van der Waals surface area contributed by atoms with E-state index in [1.807, 2.05) is 36.5 Å². The second-order valence-electron chi connectivity index (χ2n) is 12.4. The molecule has 11 heteroatoms. The van der Waals surface area contributed by atoms with Crippen molar-refractivity contribution in [3.63, 3.8) is 0 Å². The highest BCUT2D eigenvalue weighted by Gasteiger charge is 2.30. The van der Waals surface area contributed by atoms with Crippen LogP contribution in [0.4, 0.5) is 26.4 Å². The number of urea groups is 1. The Morgan fingerprint density at radius 3 is 2.30 bits per heavy atom. The molecule has 1 saturated heterocycles. The number of nitrogens with zero attached hydrogens (tertiary/aromatic N) is 5. The quantitative estimate of drug-likeness (QED) is 0.177. The van der Waals surface area contributed by atoms with Gasteiger partial charge in [-0.3, -0.25) is 4.90 Å². The van der Waals surface area contributed by atoms with Gasteiger partial charge in [-0.15, -0.1) is 0 Å². The zero-order valence-corrected chi connectivity index (χ0v) is 26.4. The van der Waals surface area contributed by atoms with Crippen molar-refractivity contribution in [1.29, 1.82) is 0 Å². The molecule has 0 spiro atoms.